The van der Waals surface area contributed by atoms with Crippen LogP contribution in [0.25, 0.3) is 0 Å². The van der Waals surface area contributed by atoms with Gasteiger partial charge in [0.25, 0.3) is 5.91 Å². The van der Waals surface area contributed by atoms with Crippen molar-refractivity contribution < 1.29 is 23.9 Å². The van der Waals surface area contributed by atoms with Crippen LogP contribution in [0.2, 0.25) is 0 Å². The Kier molecular flexibility index (Phi) is 5.18. The van der Waals surface area contributed by atoms with E-state index in [2.05, 4.69) is 5.32 Å². The van der Waals surface area contributed by atoms with Gasteiger partial charge in [0.1, 0.15) is 24.1 Å². The van der Waals surface area contributed by atoms with Crippen molar-refractivity contribution >= 4 is 23.5 Å². The lowest BCUT2D eigenvalue weighted by molar-refractivity contribution is -0.140. The first-order valence-electron chi connectivity index (χ1n) is 9.34. The van der Waals surface area contributed by atoms with Crippen LogP contribution >= 0.6 is 0 Å². The average Bonchev–Trinajstić information content (AvgIpc) is 3.14. The number of nitrogens with one attached hydrogen (secondary N) is 1. The molecule has 0 unspecified atom stereocenters. The van der Waals surface area contributed by atoms with Crippen LogP contribution in [0.15, 0.2) is 54.6 Å². The molecule has 4 rings (SSSR count). The minimum Gasteiger partial charge on any atom is -0.457 e. The van der Waals surface area contributed by atoms with E-state index in [1.807, 2.05) is 30.3 Å². The van der Waals surface area contributed by atoms with Crippen LogP contribution in [-0.4, -0.2) is 55.1 Å². The molecular formula is C21H21N3O5. The first kappa shape index (κ1) is 18.9. The molecule has 2 aromatic rings. The molecule has 0 spiro atoms. The number of fused-ring (bicyclic) bond motifs is 1. The van der Waals surface area contributed by atoms with Crippen molar-refractivity contribution in [3.05, 3.63) is 54.6 Å². The highest BCUT2D eigenvalue weighted by Crippen LogP contribution is 2.30. The van der Waals surface area contributed by atoms with Crippen LogP contribution in [0.4, 0.5) is 10.5 Å². The number of rotatable bonds is 5. The molecule has 2 aliphatic heterocycles. The standard InChI is InChI=1S/C21H21N3O5/c1-28-13-18(25)23-12-11-17-19(23)20(26)24(21(27)22-17)14-7-9-16(10-8-14)29-15-5-3-2-4-6-15/h2-10,17,19H,11-13H2,1H3,(H,22,27)/t17-,19-/m0/s1. The number of urea groups is 1. The summed E-state index contributed by atoms with van der Waals surface area (Å²) in [7, 11) is 1.43. The number of likely N-dealkylation sites (tertiary alicyclic amines) is 1. The first-order valence-corrected chi connectivity index (χ1v) is 9.34. The van der Waals surface area contributed by atoms with E-state index in [0.717, 1.165) is 4.90 Å². The van der Waals surface area contributed by atoms with Crippen molar-refractivity contribution in [1.82, 2.24) is 10.2 Å². The van der Waals surface area contributed by atoms with Gasteiger partial charge < -0.3 is 19.7 Å². The van der Waals surface area contributed by atoms with Gasteiger partial charge in [-0.1, -0.05) is 18.2 Å². The Bertz CT molecular complexity index is 916. The van der Waals surface area contributed by atoms with E-state index in [4.69, 9.17) is 9.47 Å². The van der Waals surface area contributed by atoms with Gasteiger partial charge in [-0.3, -0.25) is 9.59 Å². The fourth-order valence-electron chi connectivity index (χ4n) is 3.72. The molecule has 0 radical (unpaired) electrons. The van der Waals surface area contributed by atoms with Crippen molar-refractivity contribution in [2.75, 3.05) is 25.2 Å². The summed E-state index contributed by atoms with van der Waals surface area (Å²) in [6, 6.07) is 14.4. The van der Waals surface area contributed by atoms with Gasteiger partial charge >= 0.3 is 6.03 Å². The summed E-state index contributed by atoms with van der Waals surface area (Å²) < 4.78 is 10.7. The number of hydrogen-bond donors (Lipinski definition) is 1. The number of anilines is 1. The van der Waals surface area contributed by atoms with Crippen LogP contribution in [0, 0.1) is 0 Å². The smallest absolute Gasteiger partial charge is 0.329 e. The van der Waals surface area contributed by atoms with Gasteiger partial charge in [0, 0.05) is 13.7 Å². The normalized spacial score (nSPS) is 21.0. The number of imide groups is 1. The Balaban J connectivity index is 1.53. The molecule has 4 amide bonds. The fourth-order valence-corrected chi connectivity index (χ4v) is 3.72. The number of benzene rings is 2. The van der Waals surface area contributed by atoms with E-state index in [0.29, 0.717) is 30.2 Å². The molecule has 1 N–H and O–H groups in total. The predicted molar refractivity (Wildman–Crippen MR) is 105 cm³/mol. The average molecular weight is 395 g/mol. The van der Waals surface area contributed by atoms with Crippen LogP contribution in [0.5, 0.6) is 11.5 Å². The lowest BCUT2D eigenvalue weighted by atomic mass is 10.0. The fraction of sp³-hybridized carbons (Fsp3) is 0.286. The van der Waals surface area contributed by atoms with Crippen LogP contribution in [0.3, 0.4) is 0 Å². The maximum Gasteiger partial charge on any atom is 0.329 e. The highest BCUT2D eigenvalue weighted by atomic mass is 16.5. The number of hydrogen-bond acceptors (Lipinski definition) is 5. The third kappa shape index (κ3) is 3.66. The summed E-state index contributed by atoms with van der Waals surface area (Å²) >= 11 is 0. The van der Waals surface area contributed by atoms with Gasteiger partial charge in [-0.05, 0) is 42.8 Å². The van der Waals surface area contributed by atoms with Gasteiger partial charge in [-0.2, -0.15) is 0 Å². The van der Waals surface area contributed by atoms with Gasteiger partial charge in [0.05, 0.1) is 11.7 Å². The SMILES string of the molecule is COCC(=O)N1CC[C@@H]2NC(=O)N(c3ccc(Oc4ccccc4)cc3)C(=O)[C@H]21. The van der Waals surface area contributed by atoms with Crippen molar-refractivity contribution in [2.45, 2.75) is 18.5 Å². The maximum atomic E-state index is 13.1. The number of para-hydroxylation sites is 1. The van der Waals surface area contributed by atoms with E-state index < -0.39 is 18.0 Å². The third-order valence-electron chi connectivity index (χ3n) is 5.05. The van der Waals surface area contributed by atoms with Gasteiger partial charge in [0.2, 0.25) is 5.91 Å². The number of nitrogens with zero attached hydrogens (tertiary/aromatic N) is 2. The second kappa shape index (κ2) is 7.92. The molecule has 2 aromatic carbocycles. The molecule has 0 bridgehead atoms. The topological polar surface area (TPSA) is 88.2 Å². The van der Waals surface area contributed by atoms with Crippen LogP contribution in [-0.2, 0) is 14.3 Å². The third-order valence-corrected chi connectivity index (χ3v) is 5.05. The predicted octanol–water partition coefficient (Wildman–Crippen LogP) is 2.15. The molecule has 8 nitrogen and oxygen atoms in total. The number of carbonyl (C=O) groups is 3. The molecular weight excluding hydrogens is 374 g/mol. The number of methoxy groups -OCH3 is 1. The maximum absolute atomic E-state index is 13.1. The van der Waals surface area contributed by atoms with E-state index in [-0.39, 0.29) is 18.6 Å². The monoisotopic (exact) mass is 395 g/mol. The molecule has 2 atom stereocenters. The molecule has 2 saturated heterocycles. The summed E-state index contributed by atoms with van der Waals surface area (Å²) in [5.41, 5.74) is 0.414. The Hall–Kier alpha value is -3.39. The molecule has 0 saturated carbocycles. The minimum atomic E-state index is -0.726. The summed E-state index contributed by atoms with van der Waals surface area (Å²) in [4.78, 5) is 40.5. The molecule has 29 heavy (non-hydrogen) atoms. The second-order valence-corrected chi connectivity index (χ2v) is 6.89. The molecule has 8 heteroatoms. The van der Waals surface area contributed by atoms with Crippen molar-refractivity contribution in [1.29, 1.82) is 0 Å². The summed E-state index contributed by atoms with van der Waals surface area (Å²) in [5.74, 6) is 0.585. The largest absolute Gasteiger partial charge is 0.457 e. The Morgan fingerprint density at radius 1 is 1.07 bits per heavy atom. The first-order chi connectivity index (χ1) is 14.1. The lowest BCUT2D eigenvalue weighted by Gasteiger charge is -2.36. The molecule has 0 aromatic heterocycles. The van der Waals surface area contributed by atoms with Gasteiger partial charge in [-0.15, -0.1) is 0 Å². The van der Waals surface area contributed by atoms with E-state index in [9.17, 15) is 14.4 Å². The molecule has 2 aliphatic rings. The Morgan fingerprint density at radius 2 is 1.76 bits per heavy atom. The van der Waals surface area contributed by atoms with Crippen molar-refractivity contribution in [3.63, 3.8) is 0 Å². The summed E-state index contributed by atoms with van der Waals surface area (Å²) in [6.45, 7) is 0.303. The summed E-state index contributed by atoms with van der Waals surface area (Å²) in [5, 5.41) is 2.84. The zero-order chi connectivity index (χ0) is 20.4. The highest BCUT2D eigenvalue weighted by Gasteiger charge is 2.49. The quantitative estimate of drug-likeness (QED) is 0.838. The summed E-state index contributed by atoms with van der Waals surface area (Å²) in [6.07, 6.45) is 0.537. The van der Waals surface area contributed by atoms with Crippen molar-refractivity contribution in [3.8, 4) is 11.5 Å². The van der Waals surface area contributed by atoms with Gasteiger partial charge in [0.15, 0.2) is 0 Å². The van der Waals surface area contributed by atoms with Gasteiger partial charge in [-0.25, -0.2) is 9.69 Å². The van der Waals surface area contributed by atoms with E-state index in [1.165, 1.54) is 12.0 Å². The van der Waals surface area contributed by atoms with Crippen LogP contribution in [0.1, 0.15) is 6.42 Å². The molecule has 2 fully saturated rings. The molecule has 150 valence electrons. The molecule has 0 aliphatic carbocycles. The van der Waals surface area contributed by atoms with E-state index >= 15 is 0 Å². The minimum absolute atomic E-state index is 0.101. The zero-order valence-electron chi connectivity index (χ0n) is 15.9. The van der Waals surface area contributed by atoms with Crippen molar-refractivity contribution in [2.24, 2.45) is 0 Å². The Labute approximate surface area is 168 Å². The number of carbonyl (C=O) groups excluding carboxylic acids is 3. The highest BCUT2D eigenvalue weighted by molar-refractivity contribution is 6.19. The second-order valence-electron chi connectivity index (χ2n) is 6.89. The lowest BCUT2D eigenvalue weighted by Crippen LogP contribution is -2.65. The Morgan fingerprint density at radius 3 is 2.45 bits per heavy atom. The van der Waals surface area contributed by atoms with E-state index in [1.54, 1.807) is 24.3 Å². The number of amides is 4. The van der Waals surface area contributed by atoms with Crippen LogP contribution < -0.4 is 15.0 Å². The number of ether oxygens (including phenoxy) is 2. The molecule has 2 heterocycles. The zero-order valence-corrected chi connectivity index (χ0v) is 15.9.